The highest BCUT2D eigenvalue weighted by molar-refractivity contribution is 5.88. The van der Waals surface area contributed by atoms with Crippen molar-refractivity contribution < 1.29 is 44.7 Å². The predicted octanol–water partition coefficient (Wildman–Crippen LogP) is 3.83. The molecule has 8 N–H and O–H groups in total. The van der Waals surface area contributed by atoms with Crippen LogP contribution in [0.5, 0.6) is 0 Å². The number of hydrogen-bond donors (Lipinski definition) is 7. The van der Waals surface area contributed by atoms with E-state index in [0.29, 0.717) is 19.4 Å². The minimum atomic E-state index is -2.74. The molecule has 0 aromatic carbocycles. The molecule has 0 saturated heterocycles. The molecule has 11 heteroatoms. The maximum Gasteiger partial charge on any atom is 0.336 e. The SMILES string of the molecule is CCCCCCCCCCCCCCCCCC(=O)NCCC(O)CN.O=C(O)CC(O)(CC(=O)O)C(=O)O. The molecule has 0 heterocycles. The molecule has 0 aliphatic rings. The topological polar surface area (TPSA) is 207 Å². The number of carbonyl (C=O) groups is 4. The zero-order valence-electron chi connectivity index (χ0n) is 23.9. The second-order valence-electron chi connectivity index (χ2n) is 10.2. The average molecular weight is 563 g/mol. The quantitative estimate of drug-likeness (QED) is 0.0800. The van der Waals surface area contributed by atoms with Crippen molar-refractivity contribution >= 4 is 23.8 Å². The largest absolute Gasteiger partial charge is 0.481 e. The van der Waals surface area contributed by atoms with E-state index in [4.69, 9.17) is 26.2 Å². The first-order chi connectivity index (χ1) is 18.5. The number of rotatable bonds is 25. The van der Waals surface area contributed by atoms with E-state index in [2.05, 4.69) is 12.2 Å². The fourth-order valence-electron chi connectivity index (χ4n) is 3.96. The number of amides is 1. The molecule has 1 amide bonds. The van der Waals surface area contributed by atoms with Gasteiger partial charge in [0.25, 0.3) is 0 Å². The molecule has 0 rings (SSSR count). The molecule has 0 aromatic rings. The Labute approximate surface area is 233 Å². The molecular formula is C28H54N2O9. The van der Waals surface area contributed by atoms with E-state index in [0.717, 1.165) is 12.8 Å². The van der Waals surface area contributed by atoms with Gasteiger partial charge in [-0.3, -0.25) is 14.4 Å². The molecule has 0 aliphatic heterocycles. The number of carboxylic acid groups (broad SMARTS) is 3. The van der Waals surface area contributed by atoms with E-state index < -0.39 is 42.5 Å². The summed E-state index contributed by atoms with van der Waals surface area (Å²) in [5.74, 6) is -4.92. The zero-order chi connectivity index (χ0) is 29.9. The van der Waals surface area contributed by atoms with E-state index in [-0.39, 0.29) is 12.5 Å². The normalized spacial score (nSPS) is 11.8. The lowest BCUT2D eigenvalue weighted by atomic mass is 9.96. The lowest BCUT2D eigenvalue weighted by Crippen LogP contribution is -2.42. The highest BCUT2D eigenvalue weighted by atomic mass is 16.4. The highest BCUT2D eigenvalue weighted by Crippen LogP contribution is 2.16. The summed E-state index contributed by atoms with van der Waals surface area (Å²) in [6.45, 7) is 3.06. The van der Waals surface area contributed by atoms with E-state index in [9.17, 15) is 24.3 Å². The minimum Gasteiger partial charge on any atom is -0.481 e. The summed E-state index contributed by atoms with van der Waals surface area (Å²) in [7, 11) is 0. The molecule has 1 unspecified atom stereocenters. The molecule has 0 radical (unpaired) electrons. The number of nitrogens with one attached hydrogen (secondary N) is 1. The third kappa shape index (κ3) is 27.1. The van der Waals surface area contributed by atoms with E-state index in [1.165, 1.54) is 83.5 Å². The molecule has 11 nitrogen and oxygen atoms in total. The van der Waals surface area contributed by atoms with Gasteiger partial charge < -0.3 is 36.6 Å². The van der Waals surface area contributed by atoms with Crippen LogP contribution in [0, 0.1) is 0 Å². The van der Waals surface area contributed by atoms with Gasteiger partial charge in [-0.05, 0) is 12.8 Å². The van der Waals surface area contributed by atoms with Crippen molar-refractivity contribution in [3.63, 3.8) is 0 Å². The molecule has 39 heavy (non-hydrogen) atoms. The number of aliphatic hydroxyl groups excluding tert-OH is 1. The summed E-state index contributed by atoms with van der Waals surface area (Å²) in [6.07, 6.45) is 18.5. The molecular weight excluding hydrogens is 508 g/mol. The van der Waals surface area contributed by atoms with Crippen LogP contribution in [0.4, 0.5) is 0 Å². The van der Waals surface area contributed by atoms with Crippen LogP contribution in [0.3, 0.4) is 0 Å². The Kier molecular flexibility index (Phi) is 25.9. The van der Waals surface area contributed by atoms with Crippen LogP contribution in [0.2, 0.25) is 0 Å². The first-order valence-electron chi connectivity index (χ1n) is 14.5. The standard InChI is InChI=1S/C22H46N2O2.C6H8O7/c1-2-3-4-5-6-7-8-9-10-11-12-13-14-15-16-17-22(26)24-19-18-21(25)20-23;7-3(8)1-6(13,5(11)12)2-4(9)10/h21,25H,2-20,23H2,1H3,(H,24,26);13H,1-2H2,(H,7,8)(H,9,10)(H,11,12). The number of carbonyl (C=O) groups excluding carboxylic acids is 1. The van der Waals surface area contributed by atoms with Crippen LogP contribution in [0.25, 0.3) is 0 Å². The summed E-state index contributed by atoms with van der Waals surface area (Å²) < 4.78 is 0. The summed E-state index contributed by atoms with van der Waals surface area (Å²) in [5.41, 5.74) is 2.59. The Hall–Kier alpha value is -2.24. The summed E-state index contributed by atoms with van der Waals surface area (Å²) in [5, 5.41) is 46.0. The number of carboxylic acids is 3. The average Bonchev–Trinajstić information content (AvgIpc) is 2.85. The Bertz CT molecular complexity index is 643. The van der Waals surface area contributed by atoms with Crippen molar-refractivity contribution in [2.75, 3.05) is 13.1 Å². The van der Waals surface area contributed by atoms with Gasteiger partial charge in [0.05, 0.1) is 18.9 Å². The summed E-state index contributed by atoms with van der Waals surface area (Å²) in [6, 6.07) is 0. The van der Waals surface area contributed by atoms with Gasteiger partial charge in [-0.15, -0.1) is 0 Å². The van der Waals surface area contributed by atoms with Gasteiger partial charge in [-0.25, -0.2) is 4.79 Å². The molecule has 0 saturated carbocycles. The Morgan fingerprint density at radius 1 is 0.718 bits per heavy atom. The Balaban J connectivity index is 0. The van der Waals surface area contributed by atoms with Crippen LogP contribution in [-0.4, -0.2) is 74.1 Å². The Morgan fingerprint density at radius 3 is 1.44 bits per heavy atom. The molecule has 0 bridgehead atoms. The maximum absolute atomic E-state index is 11.6. The van der Waals surface area contributed by atoms with Crippen LogP contribution in [0.15, 0.2) is 0 Å². The van der Waals surface area contributed by atoms with Crippen molar-refractivity contribution in [1.29, 1.82) is 0 Å². The number of nitrogens with two attached hydrogens (primary N) is 1. The molecule has 230 valence electrons. The zero-order valence-corrected chi connectivity index (χ0v) is 23.9. The monoisotopic (exact) mass is 562 g/mol. The number of unbranched alkanes of at least 4 members (excludes halogenated alkanes) is 14. The summed E-state index contributed by atoms with van der Waals surface area (Å²) in [4.78, 5) is 42.1. The smallest absolute Gasteiger partial charge is 0.336 e. The van der Waals surface area contributed by atoms with Gasteiger partial charge in [0.15, 0.2) is 5.60 Å². The van der Waals surface area contributed by atoms with E-state index in [1.807, 2.05) is 0 Å². The van der Waals surface area contributed by atoms with Gasteiger partial charge >= 0.3 is 17.9 Å². The summed E-state index contributed by atoms with van der Waals surface area (Å²) >= 11 is 0. The fraction of sp³-hybridized carbons (Fsp3) is 0.857. The first kappa shape index (κ1) is 38.9. The van der Waals surface area contributed by atoms with Crippen molar-refractivity contribution in [2.45, 2.75) is 141 Å². The highest BCUT2D eigenvalue weighted by Gasteiger charge is 2.40. The van der Waals surface area contributed by atoms with Gasteiger partial charge in [-0.2, -0.15) is 0 Å². The van der Waals surface area contributed by atoms with E-state index in [1.54, 1.807) is 0 Å². The van der Waals surface area contributed by atoms with Gasteiger partial charge in [0.2, 0.25) is 5.91 Å². The van der Waals surface area contributed by atoms with Crippen molar-refractivity contribution in [3.8, 4) is 0 Å². The second kappa shape index (κ2) is 26.0. The number of hydrogen-bond acceptors (Lipinski definition) is 7. The van der Waals surface area contributed by atoms with Crippen LogP contribution >= 0.6 is 0 Å². The van der Waals surface area contributed by atoms with Crippen LogP contribution in [0.1, 0.15) is 129 Å². The van der Waals surface area contributed by atoms with Crippen molar-refractivity contribution in [1.82, 2.24) is 5.32 Å². The van der Waals surface area contributed by atoms with Crippen molar-refractivity contribution in [3.05, 3.63) is 0 Å². The predicted molar refractivity (Wildman–Crippen MR) is 149 cm³/mol. The second-order valence-corrected chi connectivity index (χ2v) is 10.2. The maximum atomic E-state index is 11.6. The molecule has 0 spiro atoms. The molecule has 0 aliphatic carbocycles. The lowest BCUT2D eigenvalue weighted by Gasteiger charge is -2.18. The van der Waals surface area contributed by atoms with Crippen molar-refractivity contribution in [2.24, 2.45) is 5.73 Å². The van der Waals surface area contributed by atoms with Gasteiger partial charge in [-0.1, -0.05) is 96.8 Å². The molecule has 1 atom stereocenters. The van der Waals surface area contributed by atoms with Gasteiger partial charge in [0.1, 0.15) is 0 Å². The van der Waals surface area contributed by atoms with Crippen LogP contribution < -0.4 is 11.1 Å². The number of aliphatic hydroxyl groups is 2. The van der Waals surface area contributed by atoms with Crippen LogP contribution in [-0.2, 0) is 19.2 Å². The molecule has 0 aromatic heterocycles. The van der Waals surface area contributed by atoms with E-state index >= 15 is 0 Å². The lowest BCUT2D eigenvalue weighted by molar-refractivity contribution is -0.170. The third-order valence-corrected chi connectivity index (χ3v) is 6.36. The number of aliphatic carboxylic acids is 3. The minimum absolute atomic E-state index is 0.101. The first-order valence-corrected chi connectivity index (χ1v) is 14.5. The third-order valence-electron chi connectivity index (χ3n) is 6.36. The molecule has 0 fully saturated rings. The van der Waals surface area contributed by atoms with Gasteiger partial charge in [0, 0.05) is 19.5 Å². The fourth-order valence-corrected chi connectivity index (χ4v) is 3.96. The Morgan fingerprint density at radius 2 is 1.10 bits per heavy atom.